The standard InChI is InChI=1S/C27H25ClN2O2/c1-19-23-9-5-6-10-24(23)27(29-26(19)21-11-13-22(28)14-12-21)30(18-16-25(31)32)17-15-20-7-3-2-4-8-20/h2-14H,15-18H2,1H3,(H,31,32). The topological polar surface area (TPSA) is 53.4 Å². The molecule has 5 heteroatoms. The van der Waals surface area contributed by atoms with E-state index in [1.165, 1.54) is 5.56 Å². The highest BCUT2D eigenvalue weighted by molar-refractivity contribution is 6.30. The molecule has 1 aromatic heterocycles. The van der Waals surface area contributed by atoms with Crippen LogP contribution in [0, 0.1) is 6.92 Å². The number of pyridine rings is 1. The van der Waals surface area contributed by atoms with Gasteiger partial charge >= 0.3 is 5.97 Å². The average molecular weight is 445 g/mol. The van der Waals surface area contributed by atoms with Crippen LogP contribution in [-0.4, -0.2) is 29.1 Å². The molecule has 0 fully saturated rings. The minimum absolute atomic E-state index is 0.0505. The van der Waals surface area contributed by atoms with Gasteiger partial charge in [-0.3, -0.25) is 4.79 Å². The molecule has 0 spiro atoms. The normalized spacial score (nSPS) is 10.9. The second-order valence-corrected chi connectivity index (χ2v) is 8.26. The van der Waals surface area contributed by atoms with Crippen LogP contribution in [0.1, 0.15) is 17.5 Å². The lowest BCUT2D eigenvalue weighted by molar-refractivity contribution is -0.136. The van der Waals surface area contributed by atoms with E-state index in [1.807, 2.05) is 54.6 Å². The van der Waals surface area contributed by atoms with E-state index in [4.69, 9.17) is 16.6 Å². The maximum atomic E-state index is 11.4. The predicted octanol–water partition coefficient (Wildman–Crippen LogP) is 6.39. The quantitative estimate of drug-likeness (QED) is 0.342. The summed E-state index contributed by atoms with van der Waals surface area (Å²) in [7, 11) is 0. The van der Waals surface area contributed by atoms with Gasteiger partial charge in [0, 0.05) is 29.1 Å². The second kappa shape index (κ2) is 9.84. The SMILES string of the molecule is Cc1c(-c2ccc(Cl)cc2)nc(N(CCC(=O)O)CCc2ccccc2)c2ccccc12. The first kappa shape index (κ1) is 21.8. The smallest absolute Gasteiger partial charge is 0.305 e. The Morgan fingerprint density at radius 3 is 2.25 bits per heavy atom. The van der Waals surface area contributed by atoms with Crippen molar-refractivity contribution in [3.05, 3.63) is 95.0 Å². The molecule has 0 unspecified atom stereocenters. The fourth-order valence-electron chi connectivity index (χ4n) is 3.98. The number of fused-ring (bicyclic) bond motifs is 1. The summed E-state index contributed by atoms with van der Waals surface area (Å²) in [6, 6.07) is 26.1. The van der Waals surface area contributed by atoms with Gasteiger partial charge in [-0.2, -0.15) is 0 Å². The summed E-state index contributed by atoms with van der Waals surface area (Å²) in [5, 5.41) is 12.2. The molecular formula is C27H25ClN2O2. The molecule has 0 saturated heterocycles. The van der Waals surface area contributed by atoms with Crippen LogP contribution in [-0.2, 0) is 11.2 Å². The van der Waals surface area contributed by atoms with E-state index < -0.39 is 5.97 Å². The van der Waals surface area contributed by atoms with Crippen molar-refractivity contribution >= 4 is 34.2 Å². The Labute approximate surface area is 193 Å². The highest BCUT2D eigenvalue weighted by Crippen LogP contribution is 2.34. The summed E-state index contributed by atoms with van der Waals surface area (Å²) in [6.07, 6.45) is 0.857. The number of halogens is 1. The highest BCUT2D eigenvalue weighted by atomic mass is 35.5. The fourth-order valence-corrected chi connectivity index (χ4v) is 4.10. The Morgan fingerprint density at radius 1 is 0.906 bits per heavy atom. The molecule has 4 nitrogen and oxygen atoms in total. The molecular weight excluding hydrogens is 420 g/mol. The van der Waals surface area contributed by atoms with Gasteiger partial charge in [-0.25, -0.2) is 4.98 Å². The maximum absolute atomic E-state index is 11.4. The van der Waals surface area contributed by atoms with E-state index in [9.17, 15) is 9.90 Å². The van der Waals surface area contributed by atoms with E-state index in [-0.39, 0.29) is 6.42 Å². The van der Waals surface area contributed by atoms with Crippen LogP contribution in [0.4, 0.5) is 5.82 Å². The van der Waals surface area contributed by atoms with Crippen molar-refractivity contribution in [1.82, 2.24) is 4.98 Å². The van der Waals surface area contributed by atoms with Crippen molar-refractivity contribution in [2.75, 3.05) is 18.0 Å². The fraction of sp³-hybridized carbons (Fsp3) is 0.185. The lowest BCUT2D eigenvalue weighted by Crippen LogP contribution is -2.29. The van der Waals surface area contributed by atoms with Crippen molar-refractivity contribution in [2.24, 2.45) is 0 Å². The van der Waals surface area contributed by atoms with Crippen molar-refractivity contribution < 1.29 is 9.90 Å². The van der Waals surface area contributed by atoms with Crippen LogP contribution in [0.3, 0.4) is 0 Å². The average Bonchev–Trinajstić information content (AvgIpc) is 2.81. The summed E-state index contributed by atoms with van der Waals surface area (Å²) < 4.78 is 0. The highest BCUT2D eigenvalue weighted by Gasteiger charge is 2.18. The molecule has 4 aromatic rings. The van der Waals surface area contributed by atoms with E-state index in [0.29, 0.717) is 18.1 Å². The first-order chi connectivity index (χ1) is 15.5. The van der Waals surface area contributed by atoms with Gasteiger partial charge in [0.25, 0.3) is 0 Å². The lowest BCUT2D eigenvalue weighted by Gasteiger charge is -2.26. The molecule has 32 heavy (non-hydrogen) atoms. The number of carboxylic acid groups (broad SMARTS) is 1. The van der Waals surface area contributed by atoms with Gasteiger partial charge in [0.15, 0.2) is 0 Å². The monoisotopic (exact) mass is 444 g/mol. The minimum atomic E-state index is -0.816. The van der Waals surface area contributed by atoms with Crippen LogP contribution in [0.15, 0.2) is 78.9 Å². The second-order valence-electron chi connectivity index (χ2n) is 7.83. The van der Waals surface area contributed by atoms with Gasteiger partial charge in [-0.05, 0) is 42.0 Å². The van der Waals surface area contributed by atoms with Crippen LogP contribution in [0.2, 0.25) is 5.02 Å². The van der Waals surface area contributed by atoms with Gasteiger partial charge in [0.1, 0.15) is 5.82 Å². The van der Waals surface area contributed by atoms with E-state index in [2.05, 4.69) is 36.1 Å². The van der Waals surface area contributed by atoms with Crippen LogP contribution < -0.4 is 4.90 Å². The number of aromatic nitrogens is 1. The summed E-state index contributed by atoms with van der Waals surface area (Å²) in [5.41, 5.74) is 4.17. The number of rotatable bonds is 8. The molecule has 1 N–H and O–H groups in total. The van der Waals surface area contributed by atoms with Crippen molar-refractivity contribution in [1.29, 1.82) is 0 Å². The third kappa shape index (κ3) is 4.92. The molecule has 0 radical (unpaired) electrons. The summed E-state index contributed by atoms with van der Waals surface area (Å²) in [5.74, 6) is -0.00242. The Balaban J connectivity index is 1.81. The van der Waals surface area contributed by atoms with Gasteiger partial charge in [-0.1, -0.05) is 78.3 Å². The molecule has 162 valence electrons. The first-order valence-corrected chi connectivity index (χ1v) is 11.1. The zero-order valence-corrected chi connectivity index (χ0v) is 18.7. The number of nitrogens with zero attached hydrogens (tertiary/aromatic N) is 2. The van der Waals surface area contributed by atoms with Crippen molar-refractivity contribution in [2.45, 2.75) is 19.8 Å². The number of benzene rings is 3. The number of hydrogen-bond donors (Lipinski definition) is 1. The van der Waals surface area contributed by atoms with Crippen molar-refractivity contribution in [3.63, 3.8) is 0 Å². The number of carboxylic acids is 1. The molecule has 1 heterocycles. The molecule has 0 aliphatic rings. The summed E-state index contributed by atoms with van der Waals surface area (Å²) >= 11 is 6.10. The van der Waals surface area contributed by atoms with Gasteiger partial charge < -0.3 is 10.0 Å². The Kier molecular flexibility index (Phi) is 6.72. The molecule has 4 rings (SSSR count). The summed E-state index contributed by atoms with van der Waals surface area (Å²) in [4.78, 5) is 18.6. The van der Waals surface area contributed by atoms with Crippen LogP contribution in [0.25, 0.3) is 22.0 Å². The molecule has 0 aliphatic heterocycles. The zero-order valence-electron chi connectivity index (χ0n) is 18.0. The maximum Gasteiger partial charge on any atom is 0.305 e. The molecule has 0 bridgehead atoms. The first-order valence-electron chi connectivity index (χ1n) is 10.7. The third-order valence-corrected chi connectivity index (χ3v) is 5.92. The number of anilines is 1. The summed E-state index contributed by atoms with van der Waals surface area (Å²) in [6.45, 7) is 3.15. The largest absolute Gasteiger partial charge is 0.481 e. The molecule has 0 saturated carbocycles. The predicted molar refractivity (Wildman–Crippen MR) is 132 cm³/mol. The minimum Gasteiger partial charge on any atom is -0.481 e. The van der Waals surface area contributed by atoms with Gasteiger partial charge in [-0.15, -0.1) is 0 Å². The third-order valence-electron chi connectivity index (χ3n) is 5.67. The van der Waals surface area contributed by atoms with Gasteiger partial charge in [0.2, 0.25) is 0 Å². The Morgan fingerprint density at radius 2 is 1.56 bits per heavy atom. The van der Waals surface area contributed by atoms with Crippen LogP contribution >= 0.6 is 11.6 Å². The number of aryl methyl sites for hydroxylation is 1. The number of carbonyl (C=O) groups is 1. The molecule has 0 atom stereocenters. The lowest BCUT2D eigenvalue weighted by atomic mass is 10.00. The van der Waals surface area contributed by atoms with Crippen molar-refractivity contribution in [3.8, 4) is 11.3 Å². The Hall–Kier alpha value is -3.37. The number of hydrogen-bond acceptors (Lipinski definition) is 3. The van der Waals surface area contributed by atoms with Gasteiger partial charge in [0.05, 0.1) is 12.1 Å². The Bertz CT molecular complexity index is 1220. The number of aliphatic carboxylic acids is 1. The zero-order chi connectivity index (χ0) is 22.5. The molecule has 0 aliphatic carbocycles. The van der Waals surface area contributed by atoms with E-state index in [1.54, 1.807) is 0 Å². The van der Waals surface area contributed by atoms with E-state index >= 15 is 0 Å². The van der Waals surface area contributed by atoms with Crippen LogP contribution in [0.5, 0.6) is 0 Å². The van der Waals surface area contributed by atoms with E-state index in [0.717, 1.165) is 39.8 Å². The molecule has 3 aromatic carbocycles. The molecule has 0 amide bonds.